The predicted molar refractivity (Wildman–Crippen MR) is 77.3 cm³/mol. The van der Waals surface area contributed by atoms with E-state index < -0.39 is 0 Å². The van der Waals surface area contributed by atoms with E-state index in [9.17, 15) is 0 Å². The Morgan fingerprint density at radius 3 is 2.94 bits per heavy atom. The summed E-state index contributed by atoms with van der Waals surface area (Å²) in [6.07, 6.45) is 3.22. The Labute approximate surface area is 112 Å². The molecule has 0 spiro atoms. The molecular weight excluding hydrogens is 244 g/mol. The second kappa shape index (κ2) is 6.83. The SMILES string of the molecule is CNC(CCCOC)Cc1nc2ccccc2s1. The molecule has 1 atom stereocenters. The molecule has 0 aliphatic heterocycles. The third-order valence-corrected chi connectivity index (χ3v) is 4.13. The molecule has 0 saturated carbocycles. The summed E-state index contributed by atoms with van der Waals surface area (Å²) in [5, 5.41) is 4.58. The molecule has 18 heavy (non-hydrogen) atoms. The number of fused-ring (bicyclic) bond motifs is 1. The molecule has 1 aromatic carbocycles. The summed E-state index contributed by atoms with van der Waals surface area (Å²) in [7, 11) is 3.77. The molecule has 0 aliphatic carbocycles. The Morgan fingerprint density at radius 2 is 2.22 bits per heavy atom. The lowest BCUT2D eigenvalue weighted by Gasteiger charge is -2.13. The van der Waals surface area contributed by atoms with E-state index in [0.29, 0.717) is 6.04 Å². The van der Waals surface area contributed by atoms with Gasteiger partial charge in [-0.2, -0.15) is 0 Å². The van der Waals surface area contributed by atoms with Gasteiger partial charge in [-0.1, -0.05) is 12.1 Å². The standard InChI is InChI=1S/C14H20N2OS/c1-15-11(6-5-9-17-2)10-14-16-12-7-3-4-8-13(12)18-14/h3-4,7-8,11,15H,5-6,9-10H2,1-2H3. The number of rotatable bonds is 7. The molecule has 1 N–H and O–H groups in total. The topological polar surface area (TPSA) is 34.1 Å². The van der Waals surface area contributed by atoms with Gasteiger partial charge in [0, 0.05) is 26.2 Å². The third kappa shape index (κ3) is 3.51. The van der Waals surface area contributed by atoms with Gasteiger partial charge < -0.3 is 10.1 Å². The highest BCUT2D eigenvalue weighted by molar-refractivity contribution is 7.18. The smallest absolute Gasteiger partial charge is 0.0954 e. The lowest BCUT2D eigenvalue weighted by molar-refractivity contribution is 0.189. The summed E-state index contributed by atoms with van der Waals surface area (Å²) in [6, 6.07) is 8.81. The number of hydrogen-bond acceptors (Lipinski definition) is 4. The molecule has 0 aliphatic rings. The minimum atomic E-state index is 0.487. The fraction of sp³-hybridized carbons (Fsp3) is 0.500. The lowest BCUT2D eigenvalue weighted by Crippen LogP contribution is -2.27. The maximum absolute atomic E-state index is 5.09. The first kappa shape index (κ1) is 13.5. The molecule has 0 bridgehead atoms. The molecule has 2 rings (SSSR count). The van der Waals surface area contributed by atoms with Crippen LogP contribution in [0.15, 0.2) is 24.3 Å². The number of thiazole rings is 1. The Kier molecular flexibility index (Phi) is 5.11. The molecule has 98 valence electrons. The second-order valence-corrected chi connectivity index (χ2v) is 5.52. The van der Waals surface area contributed by atoms with Gasteiger partial charge in [0.15, 0.2) is 0 Å². The highest BCUT2D eigenvalue weighted by Gasteiger charge is 2.10. The maximum Gasteiger partial charge on any atom is 0.0954 e. The molecule has 4 heteroatoms. The van der Waals surface area contributed by atoms with E-state index in [-0.39, 0.29) is 0 Å². The number of para-hydroxylation sites is 1. The van der Waals surface area contributed by atoms with Crippen molar-refractivity contribution in [3.8, 4) is 0 Å². The van der Waals surface area contributed by atoms with Gasteiger partial charge in [0.2, 0.25) is 0 Å². The minimum absolute atomic E-state index is 0.487. The van der Waals surface area contributed by atoms with E-state index in [1.54, 1.807) is 18.4 Å². The minimum Gasteiger partial charge on any atom is -0.385 e. The average Bonchev–Trinajstić information content (AvgIpc) is 2.80. The van der Waals surface area contributed by atoms with Crippen LogP contribution in [-0.4, -0.2) is 31.8 Å². The quantitative estimate of drug-likeness (QED) is 0.781. The van der Waals surface area contributed by atoms with E-state index in [0.717, 1.165) is 31.4 Å². The molecule has 0 amide bonds. The predicted octanol–water partition coefficient (Wildman–Crippen LogP) is 2.85. The monoisotopic (exact) mass is 264 g/mol. The first-order valence-corrected chi connectivity index (χ1v) is 7.15. The zero-order valence-corrected chi connectivity index (χ0v) is 11.8. The van der Waals surface area contributed by atoms with Crippen LogP contribution in [0, 0.1) is 0 Å². The van der Waals surface area contributed by atoms with Gasteiger partial charge in [0.25, 0.3) is 0 Å². The number of likely N-dealkylation sites (N-methyl/N-ethyl adjacent to an activating group) is 1. The maximum atomic E-state index is 5.09. The van der Waals surface area contributed by atoms with E-state index in [1.165, 1.54) is 9.71 Å². The number of benzene rings is 1. The zero-order valence-electron chi connectivity index (χ0n) is 11.0. The Bertz CT molecular complexity index is 450. The molecule has 0 fully saturated rings. The van der Waals surface area contributed by atoms with E-state index >= 15 is 0 Å². The molecule has 2 aromatic rings. The number of aromatic nitrogens is 1. The van der Waals surface area contributed by atoms with Gasteiger partial charge in [-0.15, -0.1) is 11.3 Å². The van der Waals surface area contributed by atoms with E-state index in [1.807, 2.05) is 13.1 Å². The van der Waals surface area contributed by atoms with Crippen molar-refractivity contribution in [2.45, 2.75) is 25.3 Å². The van der Waals surface area contributed by atoms with Crippen molar-refractivity contribution >= 4 is 21.6 Å². The highest BCUT2D eigenvalue weighted by Crippen LogP contribution is 2.23. The molecule has 1 aromatic heterocycles. The number of nitrogens with one attached hydrogen (secondary N) is 1. The summed E-state index contributed by atoms with van der Waals surface area (Å²) >= 11 is 1.80. The first-order chi connectivity index (χ1) is 8.83. The van der Waals surface area contributed by atoms with Crippen molar-refractivity contribution in [1.82, 2.24) is 10.3 Å². The Balaban J connectivity index is 1.97. The summed E-state index contributed by atoms with van der Waals surface area (Å²) in [5.41, 5.74) is 1.12. The van der Waals surface area contributed by atoms with Crippen LogP contribution in [0.25, 0.3) is 10.2 Å². The molecule has 0 saturated heterocycles. The summed E-state index contributed by atoms with van der Waals surface area (Å²) in [5.74, 6) is 0. The molecular formula is C14H20N2OS. The van der Waals surface area contributed by atoms with Gasteiger partial charge in [-0.3, -0.25) is 0 Å². The van der Waals surface area contributed by atoms with Gasteiger partial charge in [0.1, 0.15) is 0 Å². The summed E-state index contributed by atoms with van der Waals surface area (Å²) in [6.45, 7) is 0.831. The van der Waals surface area contributed by atoms with Gasteiger partial charge in [0.05, 0.1) is 15.2 Å². The van der Waals surface area contributed by atoms with Crippen LogP contribution in [0.4, 0.5) is 0 Å². The Morgan fingerprint density at radius 1 is 1.39 bits per heavy atom. The van der Waals surface area contributed by atoms with Crippen molar-refractivity contribution < 1.29 is 4.74 Å². The summed E-state index contributed by atoms with van der Waals surface area (Å²) < 4.78 is 6.37. The second-order valence-electron chi connectivity index (χ2n) is 4.40. The lowest BCUT2D eigenvalue weighted by atomic mass is 10.1. The molecule has 3 nitrogen and oxygen atoms in total. The van der Waals surface area contributed by atoms with E-state index in [2.05, 4.69) is 28.5 Å². The van der Waals surface area contributed by atoms with Crippen molar-refractivity contribution in [1.29, 1.82) is 0 Å². The molecule has 0 radical (unpaired) electrons. The van der Waals surface area contributed by atoms with Crippen LogP contribution >= 0.6 is 11.3 Å². The first-order valence-electron chi connectivity index (χ1n) is 6.34. The van der Waals surface area contributed by atoms with Crippen LogP contribution in [0.1, 0.15) is 17.8 Å². The largest absolute Gasteiger partial charge is 0.385 e. The van der Waals surface area contributed by atoms with Crippen molar-refractivity contribution in [3.05, 3.63) is 29.3 Å². The number of nitrogens with zero attached hydrogens (tertiary/aromatic N) is 1. The van der Waals surface area contributed by atoms with Crippen LogP contribution in [0.3, 0.4) is 0 Å². The average molecular weight is 264 g/mol. The van der Waals surface area contributed by atoms with Crippen molar-refractivity contribution in [3.63, 3.8) is 0 Å². The van der Waals surface area contributed by atoms with Gasteiger partial charge in [-0.25, -0.2) is 4.98 Å². The molecule has 1 heterocycles. The van der Waals surface area contributed by atoms with E-state index in [4.69, 9.17) is 4.74 Å². The number of methoxy groups -OCH3 is 1. The van der Waals surface area contributed by atoms with Crippen molar-refractivity contribution in [2.75, 3.05) is 20.8 Å². The Hall–Kier alpha value is -0.970. The van der Waals surface area contributed by atoms with Crippen LogP contribution in [-0.2, 0) is 11.2 Å². The number of hydrogen-bond donors (Lipinski definition) is 1. The molecule has 1 unspecified atom stereocenters. The van der Waals surface area contributed by atoms with Gasteiger partial charge >= 0.3 is 0 Å². The van der Waals surface area contributed by atoms with Crippen molar-refractivity contribution in [2.24, 2.45) is 0 Å². The van der Waals surface area contributed by atoms with Gasteiger partial charge in [-0.05, 0) is 32.0 Å². The van der Waals surface area contributed by atoms with Crippen LogP contribution in [0.5, 0.6) is 0 Å². The normalized spacial score (nSPS) is 13.0. The fourth-order valence-electron chi connectivity index (χ4n) is 2.04. The highest BCUT2D eigenvalue weighted by atomic mass is 32.1. The van der Waals surface area contributed by atoms with Crippen LogP contribution in [0.2, 0.25) is 0 Å². The third-order valence-electron chi connectivity index (χ3n) is 3.07. The summed E-state index contributed by atoms with van der Waals surface area (Å²) in [4.78, 5) is 4.68. The fourth-order valence-corrected chi connectivity index (χ4v) is 3.09. The zero-order chi connectivity index (χ0) is 12.8. The number of ether oxygens (including phenoxy) is 1. The van der Waals surface area contributed by atoms with Crippen LogP contribution < -0.4 is 5.32 Å².